The van der Waals surface area contributed by atoms with Gasteiger partial charge in [-0.25, -0.2) is 4.79 Å². The topological polar surface area (TPSA) is 52.6 Å². The molecule has 0 atom stereocenters. The zero-order valence-corrected chi connectivity index (χ0v) is 11.8. The van der Waals surface area contributed by atoms with Crippen LogP contribution in [-0.4, -0.2) is 41.1 Å². The van der Waals surface area contributed by atoms with Crippen LogP contribution in [-0.2, 0) is 4.79 Å². The van der Waals surface area contributed by atoms with Gasteiger partial charge in [-0.2, -0.15) is 0 Å². The van der Waals surface area contributed by atoms with E-state index in [9.17, 15) is 9.90 Å². The predicted octanol–water partition coefficient (Wildman–Crippen LogP) is 2.69. The molecule has 104 valence electrons. The van der Waals surface area contributed by atoms with Gasteiger partial charge in [0.25, 0.3) is 0 Å². The van der Waals surface area contributed by atoms with E-state index in [0.29, 0.717) is 17.9 Å². The van der Waals surface area contributed by atoms with Gasteiger partial charge in [0.2, 0.25) is 0 Å². The van der Waals surface area contributed by atoms with Crippen molar-refractivity contribution in [3.63, 3.8) is 0 Å². The summed E-state index contributed by atoms with van der Waals surface area (Å²) in [5, 5.41) is 13.3. The first-order valence-corrected chi connectivity index (χ1v) is 6.93. The largest absolute Gasteiger partial charge is 0.480 e. The Morgan fingerprint density at radius 3 is 2.68 bits per heavy atom. The van der Waals surface area contributed by atoms with Gasteiger partial charge in [-0.05, 0) is 37.6 Å². The lowest BCUT2D eigenvalue weighted by molar-refractivity contribution is -0.144. The maximum absolute atomic E-state index is 11.6. The van der Waals surface area contributed by atoms with Crippen LogP contribution >= 0.6 is 11.6 Å². The van der Waals surface area contributed by atoms with Gasteiger partial charge in [0.05, 0.1) is 0 Å². The Bertz CT molecular complexity index is 457. The Morgan fingerprint density at radius 1 is 1.47 bits per heavy atom. The van der Waals surface area contributed by atoms with E-state index in [0.717, 1.165) is 25.3 Å². The van der Waals surface area contributed by atoms with E-state index in [1.807, 2.05) is 12.1 Å². The quantitative estimate of drug-likeness (QED) is 0.891. The molecular weight excluding hydrogens is 264 g/mol. The van der Waals surface area contributed by atoms with Crippen LogP contribution in [0.1, 0.15) is 19.8 Å². The molecule has 2 rings (SSSR count). The van der Waals surface area contributed by atoms with Crippen LogP contribution in [0.5, 0.6) is 0 Å². The van der Waals surface area contributed by atoms with Gasteiger partial charge in [0.15, 0.2) is 0 Å². The summed E-state index contributed by atoms with van der Waals surface area (Å²) < 4.78 is 0. The van der Waals surface area contributed by atoms with Gasteiger partial charge in [-0.3, -0.25) is 0 Å². The molecule has 4 nitrogen and oxygen atoms in total. The lowest BCUT2D eigenvalue weighted by atomic mass is 9.87. The van der Waals surface area contributed by atoms with Gasteiger partial charge < -0.3 is 15.3 Å². The van der Waals surface area contributed by atoms with Crippen molar-refractivity contribution in [2.75, 3.05) is 25.0 Å². The molecule has 5 heteroatoms. The Hall–Kier alpha value is -1.26. The van der Waals surface area contributed by atoms with Crippen LogP contribution in [0.4, 0.5) is 5.69 Å². The predicted molar refractivity (Wildman–Crippen MR) is 76.8 cm³/mol. The highest BCUT2D eigenvalue weighted by Gasteiger charge is 2.41. The highest BCUT2D eigenvalue weighted by Crippen LogP contribution is 2.28. The van der Waals surface area contributed by atoms with Gasteiger partial charge in [-0.15, -0.1) is 0 Å². The summed E-state index contributed by atoms with van der Waals surface area (Å²) in [6.45, 7) is 4.66. The first kappa shape index (κ1) is 14.2. The highest BCUT2D eigenvalue weighted by atomic mass is 35.5. The standard InChI is InChI=1S/C14H19ClN2O2/c1-2-17-8-6-14(7-9-17,13(18)19)16-12-5-3-4-11(15)10-12/h3-5,10,16H,2,6-9H2,1H3,(H,18,19). The molecule has 1 fully saturated rings. The second kappa shape index (κ2) is 5.80. The van der Waals surface area contributed by atoms with E-state index in [1.54, 1.807) is 12.1 Å². The average Bonchev–Trinajstić information content (AvgIpc) is 2.39. The van der Waals surface area contributed by atoms with E-state index in [2.05, 4.69) is 17.1 Å². The monoisotopic (exact) mass is 282 g/mol. The number of halogens is 1. The Morgan fingerprint density at radius 2 is 2.16 bits per heavy atom. The molecule has 0 unspecified atom stereocenters. The third-order valence-electron chi connectivity index (χ3n) is 3.77. The molecule has 0 bridgehead atoms. The van der Waals surface area contributed by atoms with Crippen molar-refractivity contribution in [2.24, 2.45) is 0 Å². The van der Waals surface area contributed by atoms with Crippen LogP contribution in [0.25, 0.3) is 0 Å². The summed E-state index contributed by atoms with van der Waals surface area (Å²) in [4.78, 5) is 13.9. The molecule has 1 heterocycles. The van der Waals surface area contributed by atoms with Crippen molar-refractivity contribution in [3.8, 4) is 0 Å². The molecule has 0 spiro atoms. The number of hydrogen-bond donors (Lipinski definition) is 2. The molecule has 1 aromatic rings. The molecule has 0 aromatic heterocycles. The lowest BCUT2D eigenvalue weighted by Crippen LogP contribution is -2.54. The first-order valence-electron chi connectivity index (χ1n) is 6.55. The number of hydrogen-bond acceptors (Lipinski definition) is 3. The fraction of sp³-hybridized carbons (Fsp3) is 0.500. The van der Waals surface area contributed by atoms with E-state index < -0.39 is 11.5 Å². The molecule has 2 N–H and O–H groups in total. The number of benzene rings is 1. The van der Waals surface area contributed by atoms with Crippen LogP contribution in [0, 0.1) is 0 Å². The number of rotatable bonds is 4. The van der Waals surface area contributed by atoms with Crippen LogP contribution < -0.4 is 5.32 Å². The van der Waals surface area contributed by atoms with Crippen molar-refractivity contribution in [1.29, 1.82) is 0 Å². The van der Waals surface area contributed by atoms with Gasteiger partial charge in [0, 0.05) is 23.8 Å². The summed E-state index contributed by atoms with van der Waals surface area (Å²) in [5.74, 6) is -0.789. The number of piperidine rings is 1. The van der Waals surface area contributed by atoms with Gasteiger partial charge >= 0.3 is 5.97 Å². The second-order valence-corrected chi connectivity index (χ2v) is 5.39. The number of carboxylic acid groups (broad SMARTS) is 1. The maximum Gasteiger partial charge on any atom is 0.329 e. The first-order chi connectivity index (χ1) is 9.05. The fourth-order valence-electron chi connectivity index (χ4n) is 2.49. The number of carbonyl (C=O) groups is 1. The smallest absolute Gasteiger partial charge is 0.329 e. The van der Waals surface area contributed by atoms with E-state index in [1.165, 1.54) is 0 Å². The highest BCUT2D eigenvalue weighted by molar-refractivity contribution is 6.30. The summed E-state index contributed by atoms with van der Waals surface area (Å²) in [6, 6.07) is 7.21. The van der Waals surface area contributed by atoms with Gasteiger partial charge in [0.1, 0.15) is 5.54 Å². The average molecular weight is 283 g/mol. The summed E-state index contributed by atoms with van der Waals surface area (Å²) in [7, 11) is 0. The number of likely N-dealkylation sites (tertiary alicyclic amines) is 1. The zero-order chi connectivity index (χ0) is 13.9. The number of anilines is 1. The molecular formula is C14H19ClN2O2. The molecule has 1 saturated heterocycles. The number of nitrogens with zero attached hydrogens (tertiary/aromatic N) is 1. The SMILES string of the molecule is CCN1CCC(Nc2cccc(Cl)c2)(C(=O)O)CC1. The fourth-order valence-corrected chi connectivity index (χ4v) is 2.68. The summed E-state index contributed by atoms with van der Waals surface area (Å²) >= 11 is 5.94. The van der Waals surface area contributed by atoms with Crippen molar-refractivity contribution in [1.82, 2.24) is 4.90 Å². The second-order valence-electron chi connectivity index (χ2n) is 4.96. The molecule has 0 amide bonds. The minimum absolute atomic E-state index is 0.600. The van der Waals surface area contributed by atoms with E-state index in [-0.39, 0.29) is 0 Å². The molecule has 1 aliphatic rings. The Balaban J connectivity index is 2.15. The summed E-state index contributed by atoms with van der Waals surface area (Å²) in [6.07, 6.45) is 1.20. The van der Waals surface area contributed by atoms with Crippen molar-refractivity contribution in [2.45, 2.75) is 25.3 Å². The Kier molecular flexibility index (Phi) is 4.32. The van der Waals surface area contributed by atoms with Crippen molar-refractivity contribution in [3.05, 3.63) is 29.3 Å². The van der Waals surface area contributed by atoms with E-state index >= 15 is 0 Å². The normalized spacial score (nSPS) is 19.1. The van der Waals surface area contributed by atoms with Crippen LogP contribution in [0.2, 0.25) is 5.02 Å². The maximum atomic E-state index is 11.6. The van der Waals surface area contributed by atoms with Crippen LogP contribution in [0.3, 0.4) is 0 Å². The third-order valence-corrected chi connectivity index (χ3v) is 4.01. The number of nitrogens with one attached hydrogen (secondary N) is 1. The molecule has 1 aliphatic heterocycles. The van der Waals surface area contributed by atoms with Gasteiger partial charge in [-0.1, -0.05) is 24.6 Å². The molecule has 19 heavy (non-hydrogen) atoms. The molecule has 0 saturated carbocycles. The molecule has 0 radical (unpaired) electrons. The van der Waals surface area contributed by atoms with Crippen molar-refractivity contribution < 1.29 is 9.90 Å². The lowest BCUT2D eigenvalue weighted by Gasteiger charge is -2.39. The zero-order valence-electron chi connectivity index (χ0n) is 11.0. The third kappa shape index (κ3) is 3.19. The number of aliphatic carboxylic acids is 1. The molecule has 0 aliphatic carbocycles. The number of carboxylic acids is 1. The van der Waals surface area contributed by atoms with Crippen LogP contribution in [0.15, 0.2) is 24.3 Å². The van der Waals surface area contributed by atoms with E-state index in [4.69, 9.17) is 11.6 Å². The Labute approximate surface area is 118 Å². The van der Waals surface area contributed by atoms with Crippen molar-refractivity contribution >= 4 is 23.3 Å². The minimum Gasteiger partial charge on any atom is -0.480 e. The minimum atomic E-state index is -0.879. The summed E-state index contributed by atoms with van der Waals surface area (Å²) in [5.41, 5.74) is -0.115. The molecule has 1 aromatic carbocycles.